The summed E-state index contributed by atoms with van der Waals surface area (Å²) in [7, 11) is 0. The first-order valence-electron chi connectivity index (χ1n) is 20.8. The van der Waals surface area contributed by atoms with Gasteiger partial charge in [-0.25, -0.2) is 23.2 Å². The molecule has 0 unspecified atom stereocenters. The molecular weight excluding hydrogens is 1150 g/mol. The summed E-state index contributed by atoms with van der Waals surface area (Å²) in [5, 5.41) is 7.54. The molecule has 3 fully saturated rings. The van der Waals surface area contributed by atoms with E-state index in [1.807, 2.05) is 37.3 Å². The average molecular weight is 1200 g/mol. The lowest BCUT2D eigenvalue weighted by atomic mass is 9.87. The van der Waals surface area contributed by atoms with E-state index < -0.39 is 17.2 Å². The van der Waals surface area contributed by atoms with Gasteiger partial charge in [0.15, 0.2) is 0 Å². The fraction of sp³-hybridized carbons (Fsp3) is 0.426. The third-order valence-electron chi connectivity index (χ3n) is 11.1. The third-order valence-corrected chi connectivity index (χ3v) is 11.1. The molecule has 63 heavy (non-hydrogen) atoms. The van der Waals surface area contributed by atoms with Crippen LogP contribution >= 0.6 is 67.8 Å². The number of carbonyl (C=O) groups excluding carboxylic acids is 1. The number of carbonyl (C=O) groups is 1. The van der Waals surface area contributed by atoms with E-state index in [4.69, 9.17) is 14.2 Å². The number of ether oxygens (including phenoxy) is 3. The molecule has 0 saturated carbocycles. The number of benzene rings is 4. The maximum atomic E-state index is 15.0. The van der Waals surface area contributed by atoms with E-state index in [-0.39, 0.29) is 25.9 Å². The predicted molar refractivity (Wildman–Crippen MR) is 274 cm³/mol. The SMILES string of the molecule is C.CCOC(=O)c1ccc(N2CCN(c3ccc(OC[C@@H]4CO[C@@](Cn5cncn5)(c5ccc(F)cc5F)C4)c(C)c3)CC2)cc1.Cc1ccc(N2CCNCC2)cc1.IC(I)I. The van der Waals surface area contributed by atoms with Crippen molar-refractivity contribution in [2.45, 2.75) is 46.7 Å². The minimum absolute atomic E-state index is 0. The van der Waals surface area contributed by atoms with E-state index in [1.165, 1.54) is 29.7 Å². The van der Waals surface area contributed by atoms with Crippen molar-refractivity contribution in [2.75, 3.05) is 86.9 Å². The Bertz CT molecular complexity index is 2150. The van der Waals surface area contributed by atoms with Gasteiger partial charge in [-0.15, -0.1) is 0 Å². The Morgan fingerprint density at radius 1 is 0.857 bits per heavy atom. The second kappa shape index (κ2) is 24.8. The molecule has 4 aromatic carbocycles. The molecule has 3 saturated heterocycles. The Morgan fingerprint density at radius 2 is 1.46 bits per heavy atom. The van der Waals surface area contributed by atoms with Crippen LogP contribution in [-0.4, -0.2) is 92.9 Å². The van der Waals surface area contributed by atoms with E-state index in [2.05, 4.69) is 141 Å². The van der Waals surface area contributed by atoms with Crippen LogP contribution in [0.4, 0.5) is 25.8 Å². The Hall–Kier alpha value is -3.34. The number of rotatable bonds is 11. The summed E-state index contributed by atoms with van der Waals surface area (Å²) >= 11 is 6.95. The van der Waals surface area contributed by atoms with E-state index >= 15 is 0 Å². The molecule has 16 heteroatoms. The van der Waals surface area contributed by atoms with Gasteiger partial charge in [0.1, 0.15) is 35.6 Å². The first kappa shape index (κ1) is 50.7. The molecule has 3 aliphatic heterocycles. The zero-order valence-electron chi connectivity index (χ0n) is 35.3. The van der Waals surface area contributed by atoms with Crippen LogP contribution in [0, 0.1) is 31.4 Å². The van der Waals surface area contributed by atoms with Crippen molar-refractivity contribution in [3.63, 3.8) is 0 Å². The number of nitrogens with one attached hydrogen (secondary N) is 1. The molecule has 4 heterocycles. The molecule has 11 nitrogen and oxygen atoms in total. The van der Waals surface area contributed by atoms with E-state index in [9.17, 15) is 13.6 Å². The monoisotopic (exact) mass is 1200 g/mol. The minimum atomic E-state index is -1.01. The maximum absolute atomic E-state index is 15.0. The summed E-state index contributed by atoms with van der Waals surface area (Å²) in [5.74, 6) is -0.786. The van der Waals surface area contributed by atoms with E-state index in [1.54, 1.807) is 17.9 Å². The van der Waals surface area contributed by atoms with Gasteiger partial charge < -0.3 is 34.2 Å². The Kier molecular flexibility index (Phi) is 19.9. The first-order chi connectivity index (χ1) is 29.9. The molecule has 0 aliphatic carbocycles. The number of piperazine rings is 2. The molecule has 1 N–H and O–H groups in total. The zero-order chi connectivity index (χ0) is 44.1. The van der Waals surface area contributed by atoms with Crippen LogP contribution in [-0.2, 0) is 21.6 Å². The minimum Gasteiger partial charge on any atom is -0.493 e. The van der Waals surface area contributed by atoms with Gasteiger partial charge in [0.25, 0.3) is 0 Å². The van der Waals surface area contributed by atoms with Crippen molar-refractivity contribution in [3.8, 4) is 5.75 Å². The lowest BCUT2D eigenvalue weighted by Crippen LogP contribution is -2.46. The van der Waals surface area contributed by atoms with Gasteiger partial charge >= 0.3 is 5.97 Å². The number of nitrogens with zero attached hydrogens (tertiary/aromatic N) is 6. The fourth-order valence-electron chi connectivity index (χ4n) is 7.91. The summed E-state index contributed by atoms with van der Waals surface area (Å²) < 4.78 is 48.6. The smallest absolute Gasteiger partial charge is 0.338 e. The number of anilines is 3. The van der Waals surface area contributed by atoms with Crippen molar-refractivity contribution in [2.24, 2.45) is 5.92 Å². The highest BCUT2D eigenvalue weighted by atomic mass is 127. The molecular formula is C47H58F2I3N7O4. The van der Waals surface area contributed by atoms with Crippen LogP contribution in [0.15, 0.2) is 97.6 Å². The van der Waals surface area contributed by atoms with Gasteiger partial charge in [-0.1, -0.05) is 99.0 Å². The van der Waals surface area contributed by atoms with Gasteiger partial charge in [-0.05, 0) is 93.4 Å². The number of halogens is 5. The molecule has 8 rings (SSSR count). The van der Waals surface area contributed by atoms with Crippen LogP contribution < -0.4 is 24.8 Å². The van der Waals surface area contributed by atoms with Crippen molar-refractivity contribution >= 4 is 90.8 Å². The molecule has 2 atom stereocenters. The fourth-order valence-corrected chi connectivity index (χ4v) is 7.91. The molecule has 0 amide bonds. The van der Waals surface area contributed by atoms with Crippen LogP contribution in [0.3, 0.4) is 0 Å². The second-order valence-corrected chi connectivity index (χ2v) is 26.3. The van der Waals surface area contributed by atoms with Gasteiger partial charge in [-0.2, -0.15) is 5.10 Å². The number of hydrogen-bond donors (Lipinski definition) is 1. The summed E-state index contributed by atoms with van der Waals surface area (Å²) in [6.07, 6.45) is 3.47. The maximum Gasteiger partial charge on any atom is 0.338 e. The number of aromatic nitrogens is 3. The Balaban J connectivity index is 0.000000347. The van der Waals surface area contributed by atoms with Crippen molar-refractivity contribution in [3.05, 3.63) is 131 Å². The molecule has 0 radical (unpaired) electrons. The van der Waals surface area contributed by atoms with Crippen LogP contribution in [0.25, 0.3) is 0 Å². The quantitative estimate of drug-likeness (QED) is 0.0783. The van der Waals surface area contributed by atoms with Gasteiger partial charge in [0.2, 0.25) is 0 Å². The number of esters is 1. The Labute approximate surface area is 412 Å². The molecule has 0 spiro atoms. The molecule has 3 aliphatic rings. The number of aryl methyl sites for hydroxylation is 2. The summed E-state index contributed by atoms with van der Waals surface area (Å²) in [6.45, 7) is 15.3. The van der Waals surface area contributed by atoms with Crippen molar-refractivity contribution < 1.29 is 27.8 Å². The number of alkyl halides is 3. The van der Waals surface area contributed by atoms with Crippen LogP contribution in [0.1, 0.15) is 47.8 Å². The summed E-state index contributed by atoms with van der Waals surface area (Å²) in [4.78, 5) is 23.1. The first-order valence-corrected chi connectivity index (χ1v) is 24.5. The van der Waals surface area contributed by atoms with Crippen molar-refractivity contribution in [1.82, 2.24) is 20.1 Å². The number of hydrogen-bond acceptors (Lipinski definition) is 10. The standard InChI is InChI=1S/C34H37F2N5O4.C11H16N2.CHI3.CH4/c1-3-43-33(42)26-4-7-28(8-5-26)39-12-14-40(15-13-39)29-9-11-32(24(2)16-29)44-19-25-18-34(45-20-25,21-41-23-37-22-38-41)30-10-6-27(35)17-31(30)36;1-10-2-4-11(5-3-10)13-8-6-12-7-9-13;2-1(3)4;/h4-11,16-17,22-23,25H,3,12-15,18-21H2,1-2H3;2-5,12H,6-9H2,1H3;1H;1H4/t25-,34+;;;/m1.../s1. The highest BCUT2D eigenvalue weighted by Crippen LogP contribution is 2.42. The highest BCUT2D eigenvalue weighted by Gasteiger charge is 2.44. The lowest BCUT2D eigenvalue weighted by molar-refractivity contribution is -0.0206. The molecule has 0 bridgehead atoms. The predicted octanol–water partition coefficient (Wildman–Crippen LogP) is 9.99. The van der Waals surface area contributed by atoms with Crippen LogP contribution in [0.2, 0.25) is 0 Å². The van der Waals surface area contributed by atoms with Gasteiger partial charge in [-0.3, -0.25) is 0 Å². The molecule has 1 aromatic heterocycles. The van der Waals surface area contributed by atoms with E-state index in [0.717, 1.165) is 81.1 Å². The van der Waals surface area contributed by atoms with Crippen molar-refractivity contribution in [1.29, 1.82) is 0 Å². The largest absolute Gasteiger partial charge is 0.493 e. The normalized spacial score (nSPS) is 18.4. The second-order valence-electron chi connectivity index (χ2n) is 15.4. The Morgan fingerprint density at radius 3 is 2.05 bits per heavy atom. The zero-order valence-corrected chi connectivity index (χ0v) is 41.8. The highest BCUT2D eigenvalue weighted by molar-refractivity contribution is 14.3. The van der Waals surface area contributed by atoms with Gasteiger partial charge in [0, 0.05) is 87.0 Å². The van der Waals surface area contributed by atoms with E-state index in [0.29, 0.717) is 37.4 Å². The molecule has 5 aromatic rings. The third kappa shape index (κ3) is 14.6. The summed E-state index contributed by atoms with van der Waals surface area (Å²) in [6, 6.07) is 26.2. The van der Waals surface area contributed by atoms with Crippen LogP contribution in [0.5, 0.6) is 5.75 Å². The average Bonchev–Trinajstić information content (AvgIpc) is 3.94. The van der Waals surface area contributed by atoms with Gasteiger partial charge in [0.05, 0.1) is 31.9 Å². The molecule has 340 valence electrons. The lowest BCUT2D eigenvalue weighted by Gasteiger charge is -2.37. The summed E-state index contributed by atoms with van der Waals surface area (Å²) in [5.41, 5.74) is 5.80. The topological polar surface area (TPSA) is 97.2 Å².